The topological polar surface area (TPSA) is 101 Å². The first-order valence-electron chi connectivity index (χ1n) is 11.6. The zero-order chi connectivity index (χ0) is 25.2. The standard InChI is InChI=1S/C26H29N3O5S/c1-18-4-5-22(16-19(18)2)24-17-27-25(34-24)10-11-26(31)28-12-14-29(15-13-28)35(32,33)23-8-6-21(7-9-23)20(3)30/h4-9,16-17H,10-15H2,1-3H3. The molecule has 1 aromatic heterocycles. The van der Waals surface area contributed by atoms with E-state index in [1.54, 1.807) is 11.1 Å². The van der Waals surface area contributed by atoms with Gasteiger partial charge in [0.25, 0.3) is 0 Å². The fourth-order valence-corrected chi connectivity index (χ4v) is 5.44. The van der Waals surface area contributed by atoms with Crippen molar-refractivity contribution in [3.05, 3.63) is 71.2 Å². The second kappa shape index (κ2) is 10.1. The number of nitrogens with zero attached hydrogens (tertiary/aromatic N) is 3. The predicted octanol–water partition coefficient (Wildman–Crippen LogP) is 3.63. The lowest BCUT2D eigenvalue weighted by atomic mass is 10.1. The summed E-state index contributed by atoms with van der Waals surface area (Å²) < 4.78 is 33.1. The molecule has 0 spiro atoms. The monoisotopic (exact) mass is 495 g/mol. The van der Waals surface area contributed by atoms with E-state index in [0.717, 1.165) is 5.56 Å². The van der Waals surface area contributed by atoms with Crippen molar-refractivity contribution in [3.8, 4) is 11.3 Å². The predicted molar refractivity (Wildman–Crippen MR) is 132 cm³/mol. The third kappa shape index (κ3) is 5.52. The molecule has 4 rings (SSSR count). The van der Waals surface area contributed by atoms with Crippen LogP contribution < -0.4 is 0 Å². The molecule has 0 N–H and O–H groups in total. The van der Waals surface area contributed by atoms with Gasteiger partial charge in [-0.3, -0.25) is 9.59 Å². The van der Waals surface area contributed by atoms with E-state index in [9.17, 15) is 18.0 Å². The number of carbonyl (C=O) groups is 2. The van der Waals surface area contributed by atoms with E-state index in [-0.39, 0.29) is 36.1 Å². The van der Waals surface area contributed by atoms with Crippen LogP contribution in [0.1, 0.15) is 40.7 Å². The molecule has 1 amide bonds. The molecular weight excluding hydrogens is 466 g/mol. The van der Waals surface area contributed by atoms with Gasteiger partial charge in [-0.2, -0.15) is 4.31 Å². The number of benzene rings is 2. The summed E-state index contributed by atoms with van der Waals surface area (Å²) in [4.78, 5) is 30.3. The minimum atomic E-state index is -3.68. The quantitative estimate of drug-likeness (QED) is 0.464. The van der Waals surface area contributed by atoms with Gasteiger partial charge in [-0.25, -0.2) is 13.4 Å². The molecule has 0 radical (unpaired) electrons. The summed E-state index contributed by atoms with van der Waals surface area (Å²) in [7, 11) is -3.68. The fraction of sp³-hybridized carbons (Fsp3) is 0.346. The van der Waals surface area contributed by atoms with Crippen LogP contribution in [-0.4, -0.2) is 60.5 Å². The molecule has 0 aliphatic carbocycles. The normalized spacial score (nSPS) is 14.8. The number of hydrogen-bond donors (Lipinski definition) is 0. The zero-order valence-electron chi connectivity index (χ0n) is 20.2. The summed E-state index contributed by atoms with van der Waals surface area (Å²) in [6, 6.07) is 12.0. The average molecular weight is 496 g/mol. The Kier molecular flexibility index (Phi) is 7.18. The van der Waals surface area contributed by atoms with Crippen LogP contribution in [0, 0.1) is 13.8 Å². The van der Waals surface area contributed by atoms with Crippen LogP contribution in [0.4, 0.5) is 0 Å². The number of piperazine rings is 1. The average Bonchev–Trinajstić information content (AvgIpc) is 3.33. The van der Waals surface area contributed by atoms with Crippen LogP contribution in [0.5, 0.6) is 0 Å². The number of carbonyl (C=O) groups excluding carboxylic acids is 2. The van der Waals surface area contributed by atoms with Gasteiger partial charge in [0, 0.05) is 50.1 Å². The van der Waals surface area contributed by atoms with E-state index < -0.39 is 10.0 Å². The molecule has 0 bridgehead atoms. The van der Waals surface area contributed by atoms with Gasteiger partial charge in [-0.05, 0) is 50.1 Å². The van der Waals surface area contributed by atoms with Gasteiger partial charge in [-0.1, -0.05) is 24.3 Å². The summed E-state index contributed by atoms with van der Waals surface area (Å²) in [6.07, 6.45) is 2.30. The highest BCUT2D eigenvalue weighted by molar-refractivity contribution is 7.89. The molecule has 1 saturated heterocycles. The van der Waals surface area contributed by atoms with Gasteiger partial charge >= 0.3 is 0 Å². The molecule has 8 nitrogen and oxygen atoms in total. The molecule has 2 heterocycles. The third-order valence-electron chi connectivity index (χ3n) is 6.39. The van der Waals surface area contributed by atoms with Gasteiger partial charge in [0.1, 0.15) is 0 Å². The minimum Gasteiger partial charge on any atom is -0.441 e. The number of Topliss-reactive ketones (excluding diaryl/α,β-unsaturated/α-hetero) is 1. The maximum atomic E-state index is 12.9. The van der Waals surface area contributed by atoms with Crippen LogP contribution in [-0.2, 0) is 21.2 Å². The van der Waals surface area contributed by atoms with Crippen LogP contribution in [0.15, 0.2) is 58.0 Å². The van der Waals surface area contributed by atoms with Gasteiger partial charge < -0.3 is 9.32 Å². The number of amides is 1. The molecule has 0 atom stereocenters. The van der Waals surface area contributed by atoms with Crippen LogP contribution in [0.25, 0.3) is 11.3 Å². The molecule has 3 aromatic rings. The van der Waals surface area contributed by atoms with Crippen LogP contribution in [0.3, 0.4) is 0 Å². The van der Waals surface area contributed by atoms with Crippen molar-refractivity contribution in [2.45, 2.75) is 38.5 Å². The number of rotatable bonds is 7. The van der Waals surface area contributed by atoms with E-state index >= 15 is 0 Å². The largest absolute Gasteiger partial charge is 0.441 e. The van der Waals surface area contributed by atoms with Crippen molar-refractivity contribution in [1.29, 1.82) is 0 Å². The summed E-state index contributed by atoms with van der Waals surface area (Å²) in [5.41, 5.74) is 3.79. The number of ketones is 1. The number of hydrogen-bond acceptors (Lipinski definition) is 6. The van der Waals surface area contributed by atoms with Crippen molar-refractivity contribution in [2.75, 3.05) is 26.2 Å². The Morgan fingerprint density at radius 1 is 0.971 bits per heavy atom. The maximum absolute atomic E-state index is 12.9. The Balaban J connectivity index is 1.30. The molecular formula is C26H29N3O5S. The van der Waals surface area contributed by atoms with Crippen molar-refractivity contribution in [3.63, 3.8) is 0 Å². The Hall–Kier alpha value is -3.30. The van der Waals surface area contributed by atoms with Crippen molar-refractivity contribution < 1.29 is 22.4 Å². The molecule has 2 aromatic carbocycles. The Morgan fingerprint density at radius 2 is 1.66 bits per heavy atom. The minimum absolute atomic E-state index is 0.0567. The number of sulfonamides is 1. The van der Waals surface area contributed by atoms with E-state index in [1.165, 1.54) is 46.6 Å². The van der Waals surface area contributed by atoms with E-state index in [0.29, 0.717) is 36.7 Å². The molecule has 0 unspecified atom stereocenters. The van der Waals surface area contributed by atoms with Crippen LogP contribution in [0.2, 0.25) is 0 Å². The van der Waals surface area contributed by atoms with E-state index in [4.69, 9.17) is 4.42 Å². The Labute approximate surface area is 205 Å². The fourth-order valence-electron chi connectivity index (χ4n) is 4.01. The van der Waals surface area contributed by atoms with Gasteiger partial charge in [0.15, 0.2) is 17.4 Å². The molecule has 35 heavy (non-hydrogen) atoms. The van der Waals surface area contributed by atoms with E-state index in [1.807, 2.05) is 19.1 Å². The molecule has 9 heteroatoms. The first-order valence-corrected chi connectivity index (χ1v) is 13.0. The second-order valence-electron chi connectivity index (χ2n) is 8.78. The lowest BCUT2D eigenvalue weighted by Crippen LogP contribution is -2.50. The molecule has 1 fully saturated rings. The first kappa shape index (κ1) is 24.8. The number of aryl methyl sites for hydroxylation is 3. The van der Waals surface area contributed by atoms with E-state index in [2.05, 4.69) is 18.0 Å². The highest BCUT2D eigenvalue weighted by Gasteiger charge is 2.30. The number of oxazole rings is 1. The summed E-state index contributed by atoms with van der Waals surface area (Å²) in [5, 5.41) is 0. The lowest BCUT2D eigenvalue weighted by molar-refractivity contribution is -0.132. The molecule has 1 aliphatic heterocycles. The first-order chi connectivity index (χ1) is 16.6. The molecule has 1 aliphatic rings. The highest BCUT2D eigenvalue weighted by atomic mass is 32.2. The maximum Gasteiger partial charge on any atom is 0.243 e. The zero-order valence-corrected chi connectivity index (χ0v) is 21.0. The van der Waals surface area contributed by atoms with Crippen LogP contribution >= 0.6 is 0 Å². The second-order valence-corrected chi connectivity index (χ2v) is 10.7. The Morgan fingerprint density at radius 3 is 2.29 bits per heavy atom. The number of aromatic nitrogens is 1. The molecule has 0 saturated carbocycles. The van der Waals surface area contributed by atoms with Crippen molar-refractivity contribution in [1.82, 2.24) is 14.2 Å². The highest BCUT2D eigenvalue weighted by Crippen LogP contribution is 2.24. The lowest BCUT2D eigenvalue weighted by Gasteiger charge is -2.34. The summed E-state index contributed by atoms with van der Waals surface area (Å²) in [6.45, 7) is 6.62. The third-order valence-corrected chi connectivity index (χ3v) is 8.30. The van der Waals surface area contributed by atoms with Crippen molar-refractivity contribution in [2.24, 2.45) is 0 Å². The molecule has 184 valence electrons. The summed E-state index contributed by atoms with van der Waals surface area (Å²) in [5.74, 6) is 0.999. The summed E-state index contributed by atoms with van der Waals surface area (Å²) >= 11 is 0. The van der Waals surface area contributed by atoms with Gasteiger partial charge in [-0.15, -0.1) is 0 Å². The Bertz CT molecular complexity index is 1340. The van der Waals surface area contributed by atoms with Gasteiger partial charge in [0.2, 0.25) is 15.9 Å². The SMILES string of the molecule is CC(=O)c1ccc(S(=O)(=O)N2CCN(C(=O)CCc3ncc(-c4ccc(C)c(C)c4)o3)CC2)cc1. The van der Waals surface area contributed by atoms with Gasteiger partial charge in [0.05, 0.1) is 11.1 Å². The van der Waals surface area contributed by atoms with Crippen molar-refractivity contribution >= 4 is 21.7 Å². The smallest absolute Gasteiger partial charge is 0.243 e.